The predicted molar refractivity (Wildman–Crippen MR) is 49.9 cm³/mol. The Morgan fingerprint density at radius 3 is 2.62 bits per heavy atom. The first kappa shape index (κ1) is 9.40. The minimum atomic E-state index is 0.476. The molecule has 0 saturated carbocycles. The smallest absolute Gasteiger partial charge is 0.256 e. The minimum absolute atomic E-state index is 0.476. The first-order chi connectivity index (χ1) is 6.31. The lowest BCUT2D eigenvalue weighted by Gasteiger charge is -2.05. The van der Waals surface area contributed by atoms with Crippen LogP contribution in [-0.2, 0) is 0 Å². The molecule has 0 fully saturated rings. The van der Waals surface area contributed by atoms with Crippen LogP contribution in [0.3, 0.4) is 0 Å². The summed E-state index contributed by atoms with van der Waals surface area (Å²) in [6, 6.07) is 1.79. The topological polar surface area (TPSA) is 31.4 Å². The summed E-state index contributed by atoms with van der Waals surface area (Å²) in [6.45, 7) is 1.77. The minimum Gasteiger partial charge on any atom is -0.491 e. The van der Waals surface area contributed by atoms with Crippen molar-refractivity contribution in [2.45, 2.75) is 6.92 Å². The molecule has 0 unspecified atom stereocenters. The van der Waals surface area contributed by atoms with Gasteiger partial charge in [-0.2, -0.15) is 0 Å². The Kier molecular flexibility index (Phi) is 3.15. The van der Waals surface area contributed by atoms with E-state index in [0.717, 1.165) is 5.56 Å². The molecule has 68 valence electrons. The Morgan fingerprint density at radius 2 is 2.08 bits per heavy atom. The fourth-order valence-electron chi connectivity index (χ4n) is 0.944. The molecule has 0 aliphatic heterocycles. The molecule has 0 aromatic carbocycles. The Balaban J connectivity index is 3.10. The van der Waals surface area contributed by atoms with Gasteiger partial charge in [-0.25, -0.2) is 4.98 Å². The van der Waals surface area contributed by atoms with E-state index in [9.17, 15) is 0 Å². The summed E-state index contributed by atoms with van der Waals surface area (Å²) < 4.78 is 10.1. The molecule has 0 amide bonds. The van der Waals surface area contributed by atoms with Gasteiger partial charge in [0.15, 0.2) is 5.75 Å². The first-order valence-corrected chi connectivity index (χ1v) is 3.82. The van der Waals surface area contributed by atoms with E-state index in [1.807, 2.05) is 0 Å². The monoisotopic (exact) mass is 177 g/mol. The third-order valence-electron chi connectivity index (χ3n) is 1.50. The highest BCUT2D eigenvalue weighted by molar-refractivity contribution is 5.42. The third-order valence-corrected chi connectivity index (χ3v) is 1.50. The van der Waals surface area contributed by atoms with E-state index in [1.165, 1.54) is 0 Å². The Bertz CT molecular complexity index is 350. The molecule has 1 aromatic heterocycles. The summed E-state index contributed by atoms with van der Waals surface area (Å²) in [5, 5.41) is 0. The van der Waals surface area contributed by atoms with E-state index in [1.54, 1.807) is 33.4 Å². The average Bonchev–Trinajstić information content (AvgIpc) is 2.18. The quantitative estimate of drug-likeness (QED) is 0.641. The number of aromatic nitrogens is 1. The number of pyridine rings is 1. The van der Waals surface area contributed by atoms with Gasteiger partial charge < -0.3 is 9.47 Å². The summed E-state index contributed by atoms with van der Waals surface area (Å²) >= 11 is 0. The lowest BCUT2D eigenvalue weighted by atomic mass is 10.3. The number of hydrogen-bond acceptors (Lipinski definition) is 3. The fraction of sp³-hybridized carbons (Fsp3) is 0.300. The van der Waals surface area contributed by atoms with Gasteiger partial charge in [0.2, 0.25) is 0 Å². The summed E-state index contributed by atoms with van der Waals surface area (Å²) in [5.74, 6) is 6.75. The Morgan fingerprint density at radius 1 is 1.31 bits per heavy atom. The molecule has 1 heterocycles. The maximum absolute atomic E-state index is 5.07. The molecule has 0 atom stereocenters. The highest BCUT2D eigenvalue weighted by Crippen LogP contribution is 2.23. The number of methoxy groups -OCH3 is 2. The average molecular weight is 177 g/mol. The lowest BCUT2D eigenvalue weighted by molar-refractivity contribution is 0.343. The Hall–Kier alpha value is -1.69. The van der Waals surface area contributed by atoms with Crippen molar-refractivity contribution in [3.05, 3.63) is 17.8 Å². The van der Waals surface area contributed by atoms with Gasteiger partial charge in [0.05, 0.1) is 14.2 Å². The van der Waals surface area contributed by atoms with Crippen molar-refractivity contribution in [1.29, 1.82) is 0 Å². The van der Waals surface area contributed by atoms with Gasteiger partial charge in [0, 0.05) is 17.8 Å². The van der Waals surface area contributed by atoms with Crippen LogP contribution in [0.5, 0.6) is 11.6 Å². The molecule has 0 aliphatic rings. The largest absolute Gasteiger partial charge is 0.491 e. The number of ether oxygens (including phenoxy) is 2. The SMILES string of the molecule is CC#Cc1cnc(OC)c(OC)c1. The molecule has 1 rings (SSSR count). The molecule has 0 aliphatic carbocycles. The lowest BCUT2D eigenvalue weighted by Crippen LogP contribution is -1.93. The zero-order valence-electron chi connectivity index (χ0n) is 7.92. The predicted octanol–water partition coefficient (Wildman–Crippen LogP) is 1.47. The van der Waals surface area contributed by atoms with Crippen LogP contribution in [0.15, 0.2) is 12.3 Å². The number of nitrogens with zero attached hydrogens (tertiary/aromatic N) is 1. The van der Waals surface area contributed by atoms with E-state index in [0.29, 0.717) is 11.6 Å². The van der Waals surface area contributed by atoms with Crippen LogP contribution in [0.4, 0.5) is 0 Å². The molecule has 0 N–H and O–H groups in total. The third kappa shape index (κ3) is 2.12. The second-order valence-electron chi connectivity index (χ2n) is 2.31. The molecule has 13 heavy (non-hydrogen) atoms. The van der Waals surface area contributed by atoms with Crippen LogP contribution in [0.2, 0.25) is 0 Å². The molecule has 0 spiro atoms. The van der Waals surface area contributed by atoms with Crippen molar-refractivity contribution in [2.24, 2.45) is 0 Å². The molecule has 3 heteroatoms. The number of hydrogen-bond donors (Lipinski definition) is 0. The summed E-state index contributed by atoms with van der Waals surface area (Å²) in [6.07, 6.45) is 1.65. The summed E-state index contributed by atoms with van der Waals surface area (Å²) in [4.78, 5) is 4.04. The normalized spacial score (nSPS) is 8.54. The van der Waals surface area contributed by atoms with Crippen LogP contribution < -0.4 is 9.47 Å². The highest BCUT2D eigenvalue weighted by atomic mass is 16.5. The molecule has 0 saturated heterocycles. The van der Waals surface area contributed by atoms with Crippen molar-refractivity contribution >= 4 is 0 Å². The molecular formula is C10H11NO2. The van der Waals surface area contributed by atoms with Gasteiger partial charge in [-0.1, -0.05) is 5.92 Å². The van der Waals surface area contributed by atoms with Crippen LogP contribution in [0.1, 0.15) is 12.5 Å². The van der Waals surface area contributed by atoms with E-state index < -0.39 is 0 Å². The van der Waals surface area contributed by atoms with Crippen molar-refractivity contribution in [1.82, 2.24) is 4.98 Å². The van der Waals surface area contributed by atoms with Gasteiger partial charge >= 0.3 is 0 Å². The van der Waals surface area contributed by atoms with Gasteiger partial charge in [-0.3, -0.25) is 0 Å². The van der Waals surface area contributed by atoms with Gasteiger partial charge in [0.25, 0.3) is 5.88 Å². The van der Waals surface area contributed by atoms with Crippen molar-refractivity contribution < 1.29 is 9.47 Å². The molecule has 0 bridgehead atoms. The molecule has 1 aromatic rings. The van der Waals surface area contributed by atoms with Crippen molar-refractivity contribution in [3.63, 3.8) is 0 Å². The van der Waals surface area contributed by atoms with E-state index >= 15 is 0 Å². The molecular weight excluding hydrogens is 166 g/mol. The van der Waals surface area contributed by atoms with Crippen LogP contribution in [0, 0.1) is 11.8 Å². The first-order valence-electron chi connectivity index (χ1n) is 3.82. The standard InChI is InChI=1S/C10H11NO2/c1-4-5-8-6-9(12-2)10(13-3)11-7-8/h6-7H,1-3H3. The summed E-state index contributed by atoms with van der Waals surface area (Å²) in [5.41, 5.74) is 0.820. The zero-order valence-corrected chi connectivity index (χ0v) is 7.92. The maximum Gasteiger partial charge on any atom is 0.256 e. The van der Waals surface area contributed by atoms with E-state index in [4.69, 9.17) is 9.47 Å². The van der Waals surface area contributed by atoms with E-state index in [2.05, 4.69) is 16.8 Å². The zero-order chi connectivity index (χ0) is 9.68. The summed E-state index contributed by atoms with van der Waals surface area (Å²) in [7, 11) is 3.12. The van der Waals surface area contributed by atoms with E-state index in [-0.39, 0.29) is 0 Å². The van der Waals surface area contributed by atoms with Crippen LogP contribution in [-0.4, -0.2) is 19.2 Å². The second kappa shape index (κ2) is 4.36. The number of rotatable bonds is 2. The van der Waals surface area contributed by atoms with Crippen molar-refractivity contribution in [2.75, 3.05) is 14.2 Å². The molecule has 3 nitrogen and oxygen atoms in total. The van der Waals surface area contributed by atoms with Gasteiger partial charge in [-0.15, -0.1) is 5.92 Å². The second-order valence-corrected chi connectivity index (χ2v) is 2.31. The molecule has 0 radical (unpaired) electrons. The maximum atomic E-state index is 5.07. The van der Waals surface area contributed by atoms with Gasteiger partial charge in [0.1, 0.15) is 0 Å². The van der Waals surface area contributed by atoms with Crippen LogP contribution in [0.25, 0.3) is 0 Å². The van der Waals surface area contributed by atoms with Gasteiger partial charge in [-0.05, 0) is 6.92 Å². The van der Waals surface area contributed by atoms with Crippen molar-refractivity contribution in [3.8, 4) is 23.5 Å². The van der Waals surface area contributed by atoms with Crippen LogP contribution >= 0.6 is 0 Å². The Labute approximate surface area is 77.7 Å². The fourth-order valence-corrected chi connectivity index (χ4v) is 0.944. The highest BCUT2D eigenvalue weighted by Gasteiger charge is 2.03.